The third kappa shape index (κ3) is 5.00. The van der Waals surface area contributed by atoms with Gasteiger partial charge in [0.1, 0.15) is 12.4 Å². The number of aryl methyl sites for hydroxylation is 2. The predicted octanol–water partition coefficient (Wildman–Crippen LogP) is 3.91. The van der Waals surface area contributed by atoms with E-state index in [1.54, 1.807) is 0 Å². The van der Waals surface area contributed by atoms with Gasteiger partial charge in [0.15, 0.2) is 0 Å². The highest BCUT2D eigenvalue weighted by Crippen LogP contribution is 2.40. The molecule has 3 N–H and O–H groups in total. The minimum Gasteiger partial charge on any atom is -0.491 e. The van der Waals surface area contributed by atoms with Crippen LogP contribution in [0.4, 0.5) is 0 Å². The Kier molecular flexibility index (Phi) is 6.23. The van der Waals surface area contributed by atoms with Crippen LogP contribution in [0.3, 0.4) is 0 Å². The summed E-state index contributed by atoms with van der Waals surface area (Å²) in [4.78, 5) is 0. The quantitative estimate of drug-likeness (QED) is 0.698. The van der Waals surface area contributed by atoms with Crippen molar-refractivity contribution >= 4 is 0 Å². The van der Waals surface area contributed by atoms with E-state index in [1.165, 1.54) is 22.3 Å². The van der Waals surface area contributed by atoms with Gasteiger partial charge in [-0.05, 0) is 80.2 Å². The fourth-order valence-corrected chi connectivity index (χ4v) is 4.73. The summed E-state index contributed by atoms with van der Waals surface area (Å²) >= 11 is 0. The highest BCUT2D eigenvalue weighted by molar-refractivity contribution is 5.37. The molecular weight excluding hydrogens is 362 g/mol. The van der Waals surface area contributed by atoms with Gasteiger partial charge >= 0.3 is 0 Å². The van der Waals surface area contributed by atoms with Crippen LogP contribution in [0.1, 0.15) is 53.9 Å². The van der Waals surface area contributed by atoms with Crippen LogP contribution >= 0.6 is 0 Å². The maximum atomic E-state index is 9.53. The van der Waals surface area contributed by atoms with Gasteiger partial charge in [0.25, 0.3) is 0 Å². The zero-order chi connectivity index (χ0) is 20.3. The van der Waals surface area contributed by atoms with Crippen molar-refractivity contribution in [1.82, 2.24) is 0 Å². The second-order valence-electron chi connectivity index (χ2n) is 8.89. The SMILES string of the molecule is Cc1ccc(OCCO[C@H]2CCc3cc([C@H]4CC[C@](N)(CO)C4)ccc3C2)cc1. The molecule has 3 atom stereocenters. The Hall–Kier alpha value is -1.88. The van der Waals surface area contributed by atoms with Gasteiger partial charge in [-0.3, -0.25) is 0 Å². The lowest BCUT2D eigenvalue weighted by molar-refractivity contribution is 0.0262. The minimum absolute atomic E-state index is 0.0844. The highest BCUT2D eigenvalue weighted by Gasteiger charge is 2.36. The molecule has 0 aliphatic heterocycles. The van der Waals surface area contributed by atoms with Gasteiger partial charge < -0.3 is 20.3 Å². The molecule has 4 nitrogen and oxygen atoms in total. The van der Waals surface area contributed by atoms with E-state index >= 15 is 0 Å². The Morgan fingerprint density at radius 3 is 2.66 bits per heavy atom. The first kappa shape index (κ1) is 20.4. The van der Waals surface area contributed by atoms with Gasteiger partial charge in [-0.15, -0.1) is 0 Å². The van der Waals surface area contributed by atoms with Gasteiger partial charge in [-0.2, -0.15) is 0 Å². The van der Waals surface area contributed by atoms with Crippen LogP contribution < -0.4 is 10.5 Å². The van der Waals surface area contributed by atoms with Crippen LogP contribution in [0.2, 0.25) is 0 Å². The summed E-state index contributed by atoms with van der Waals surface area (Å²) in [5, 5.41) is 9.53. The summed E-state index contributed by atoms with van der Waals surface area (Å²) < 4.78 is 11.9. The maximum Gasteiger partial charge on any atom is 0.119 e. The van der Waals surface area contributed by atoms with Crippen molar-refractivity contribution in [2.45, 2.75) is 63.0 Å². The molecule has 0 bridgehead atoms. The molecule has 29 heavy (non-hydrogen) atoms. The van der Waals surface area contributed by atoms with Crippen molar-refractivity contribution in [3.05, 3.63) is 64.7 Å². The van der Waals surface area contributed by atoms with Crippen LogP contribution in [0.25, 0.3) is 0 Å². The maximum absolute atomic E-state index is 9.53. The lowest BCUT2D eigenvalue weighted by Gasteiger charge is -2.26. The van der Waals surface area contributed by atoms with E-state index in [1.807, 2.05) is 12.1 Å². The number of fused-ring (bicyclic) bond motifs is 1. The van der Waals surface area contributed by atoms with Crippen LogP contribution in [0.5, 0.6) is 5.75 Å². The number of aliphatic hydroxyl groups is 1. The molecule has 0 radical (unpaired) electrons. The average molecular weight is 396 g/mol. The second-order valence-corrected chi connectivity index (χ2v) is 8.89. The minimum atomic E-state index is -0.389. The summed E-state index contributed by atoms with van der Waals surface area (Å²) in [5.41, 5.74) is 11.4. The van der Waals surface area contributed by atoms with E-state index in [-0.39, 0.29) is 18.2 Å². The third-order valence-electron chi connectivity index (χ3n) is 6.57. The van der Waals surface area contributed by atoms with Crippen LogP contribution in [0.15, 0.2) is 42.5 Å². The standard InChI is InChI=1S/C25H33NO3/c1-18-2-7-23(8-3-18)28-12-13-29-24-9-6-19-14-20(4-5-21(19)15-24)22-10-11-25(26,16-22)17-27/h2-5,7-8,14,22,24,27H,6,9-13,15-17,26H2,1H3/t22-,24-,25+/m0/s1. The van der Waals surface area contributed by atoms with E-state index in [0.29, 0.717) is 19.1 Å². The molecular formula is C25H33NO3. The summed E-state index contributed by atoms with van der Waals surface area (Å²) in [7, 11) is 0. The first-order chi connectivity index (χ1) is 14.0. The number of aliphatic hydroxyl groups excluding tert-OH is 1. The van der Waals surface area contributed by atoms with Crippen molar-refractivity contribution in [2.24, 2.45) is 5.73 Å². The molecule has 0 spiro atoms. The Bertz CT molecular complexity index is 819. The molecule has 0 unspecified atom stereocenters. The van der Waals surface area contributed by atoms with Crippen LogP contribution in [-0.2, 0) is 17.6 Å². The molecule has 156 valence electrons. The largest absolute Gasteiger partial charge is 0.491 e. The summed E-state index contributed by atoms with van der Waals surface area (Å²) in [5.74, 6) is 1.38. The molecule has 1 fully saturated rings. The Morgan fingerprint density at radius 2 is 1.90 bits per heavy atom. The van der Waals surface area contributed by atoms with E-state index in [4.69, 9.17) is 15.2 Å². The molecule has 2 aliphatic carbocycles. The van der Waals surface area contributed by atoms with E-state index < -0.39 is 0 Å². The Morgan fingerprint density at radius 1 is 1.07 bits per heavy atom. The molecule has 0 amide bonds. The number of hydrogen-bond donors (Lipinski definition) is 2. The Labute approximate surface area is 174 Å². The number of rotatable bonds is 7. The number of ether oxygens (including phenoxy) is 2. The van der Waals surface area contributed by atoms with Crippen molar-refractivity contribution < 1.29 is 14.6 Å². The van der Waals surface area contributed by atoms with Gasteiger partial charge in [0, 0.05) is 5.54 Å². The fourth-order valence-electron chi connectivity index (χ4n) is 4.73. The van der Waals surface area contributed by atoms with E-state index in [9.17, 15) is 5.11 Å². The molecule has 1 saturated carbocycles. The van der Waals surface area contributed by atoms with E-state index in [0.717, 1.165) is 44.3 Å². The van der Waals surface area contributed by atoms with Crippen molar-refractivity contribution in [3.8, 4) is 5.75 Å². The molecule has 4 rings (SSSR count). The summed E-state index contributed by atoms with van der Waals surface area (Å²) in [6.07, 6.45) is 6.23. The molecule has 2 aromatic rings. The fraction of sp³-hybridized carbons (Fsp3) is 0.520. The zero-order valence-electron chi connectivity index (χ0n) is 17.4. The number of nitrogens with two attached hydrogens (primary N) is 1. The predicted molar refractivity (Wildman–Crippen MR) is 115 cm³/mol. The first-order valence-corrected chi connectivity index (χ1v) is 10.9. The second kappa shape index (κ2) is 8.86. The molecule has 4 heteroatoms. The van der Waals surface area contributed by atoms with Crippen LogP contribution in [0, 0.1) is 6.92 Å². The van der Waals surface area contributed by atoms with E-state index in [2.05, 4.69) is 37.3 Å². The van der Waals surface area contributed by atoms with Crippen molar-refractivity contribution in [3.63, 3.8) is 0 Å². The third-order valence-corrected chi connectivity index (χ3v) is 6.57. The molecule has 2 aromatic carbocycles. The lowest BCUT2D eigenvalue weighted by Crippen LogP contribution is -2.40. The topological polar surface area (TPSA) is 64.7 Å². The number of hydrogen-bond acceptors (Lipinski definition) is 4. The van der Waals surface area contributed by atoms with Gasteiger partial charge in [-0.25, -0.2) is 0 Å². The first-order valence-electron chi connectivity index (χ1n) is 10.9. The van der Waals surface area contributed by atoms with Crippen LogP contribution in [-0.4, -0.2) is 36.6 Å². The molecule has 0 saturated heterocycles. The molecule has 0 heterocycles. The highest BCUT2D eigenvalue weighted by atomic mass is 16.5. The van der Waals surface area contributed by atoms with Gasteiger partial charge in [-0.1, -0.05) is 35.9 Å². The lowest BCUT2D eigenvalue weighted by atomic mass is 9.85. The molecule has 2 aliphatic rings. The van der Waals surface area contributed by atoms with Crippen molar-refractivity contribution in [1.29, 1.82) is 0 Å². The number of benzene rings is 2. The average Bonchev–Trinajstić information content (AvgIpc) is 3.15. The Balaban J connectivity index is 1.26. The summed E-state index contributed by atoms with van der Waals surface area (Å²) in [6.45, 7) is 3.36. The zero-order valence-corrected chi connectivity index (χ0v) is 17.4. The molecule has 0 aromatic heterocycles. The van der Waals surface area contributed by atoms with Crippen molar-refractivity contribution in [2.75, 3.05) is 19.8 Å². The summed E-state index contributed by atoms with van der Waals surface area (Å²) in [6, 6.07) is 15.0. The van der Waals surface area contributed by atoms with Gasteiger partial charge in [0.05, 0.1) is 19.3 Å². The van der Waals surface area contributed by atoms with Gasteiger partial charge in [0.2, 0.25) is 0 Å². The smallest absolute Gasteiger partial charge is 0.119 e. The normalized spacial score (nSPS) is 26.3. The monoisotopic (exact) mass is 395 g/mol.